The molecule has 17 heavy (non-hydrogen) atoms. The van der Waals surface area contributed by atoms with Gasteiger partial charge in [0.05, 0.1) is 4.92 Å². The molecule has 1 aromatic carbocycles. The van der Waals surface area contributed by atoms with Crippen molar-refractivity contribution in [3.05, 3.63) is 39.9 Å². The first kappa shape index (κ1) is 14.0. The Morgan fingerprint density at radius 3 is 2.94 bits per heavy atom. The normalized spacial score (nSPS) is 12.4. The Labute approximate surface area is 106 Å². The highest BCUT2D eigenvalue weighted by Crippen LogP contribution is 2.13. The summed E-state index contributed by atoms with van der Waals surface area (Å²) >= 11 is 1.85. The zero-order valence-electron chi connectivity index (χ0n) is 10.2. The largest absolute Gasteiger partial charge is 0.313 e. The number of hydrogen-bond donors (Lipinski definition) is 1. The van der Waals surface area contributed by atoms with E-state index in [-0.39, 0.29) is 10.6 Å². The second-order valence-electron chi connectivity index (χ2n) is 3.94. The van der Waals surface area contributed by atoms with Crippen molar-refractivity contribution < 1.29 is 4.92 Å². The van der Waals surface area contributed by atoms with Crippen LogP contribution in [0.25, 0.3) is 0 Å². The third kappa shape index (κ3) is 5.19. The minimum Gasteiger partial charge on any atom is -0.313 e. The number of non-ortho nitro benzene ring substituents is 1. The molecule has 1 aromatic rings. The molecule has 5 heteroatoms. The lowest BCUT2D eigenvalue weighted by Gasteiger charge is -2.08. The van der Waals surface area contributed by atoms with Crippen LogP contribution in [0.4, 0.5) is 5.69 Å². The van der Waals surface area contributed by atoms with Crippen molar-refractivity contribution in [1.29, 1.82) is 0 Å². The van der Waals surface area contributed by atoms with Crippen LogP contribution < -0.4 is 5.32 Å². The minimum atomic E-state index is -0.362. The van der Waals surface area contributed by atoms with Crippen molar-refractivity contribution in [3.8, 4) is 0 Å². The van der Waals surface area contributed by atoms with Gasteiger partial charge in [-0.2, -0.15) is 11.8 Å². The SMILES string of the molecule is CSC(C)CCNCc1cccc([N+](=O)[O-])c1. The van der Waals surface area contributed by atoms with Gasteiger partial charge in [0.1, 0.15) is 0 Å². The lowest BCUT2D eigenvalue weighted by molar-refractivity contribution is -0.384. The monoisotopic (exact) mass is 254 g/mol. The van der Waals surface area contributed by atoms with E-state index in [0.29, 0.717) is 11.8 Å². The summed E-state index contributed by atoms with van der Waals surface area (Å²) in [6, 6.07) is 6.75. The van der Waals surface area contributed by atoms with Crippen molar-refractivity contribution >= 4 is 17.4 Å². The molecule has 0 aromatic heterocycles. The second-order valence-corrected chi connectivity index (χ2v) is 5.21. The maximum Gasteiger partial charge on any atom is 0.269 e. The third-order valence-corrected chi connectivity index (χ3v) is 3.62. The average molecular weight is 254 g/mol. The molecule has 0 fully saturated rings. The summed E-state index contributed by atoms with van der Waals surface area (Å²) < 4.78 is 0. The van der Waals surface area contributed by atoms with Crippen LogP contribution in [0, 0.1) is 10.1 Å². The quantitative estimate of drug-likeness (QED) is 0.462. The lowest BCUT2D eigenvalue weighted by Crippen LogP contribution is -2.17. The van der Waals surface area contributed by atoms with Gasteiger partial charge in [-0.1, -0.05) is 19.1 Å². The number of nitro benzene ring substituents is 1. The predicted molar refractivity (Wildman–Crippen MR) is 72.4 cm³/mol. The predicted octanol–water partition coefficient (Wildman–Crippen LogP) is 2.83. The van der Waals surface area contributed by atoms with E-state index in [4.69, 9.17) is 0 Å². The van der Waals surface area contributed by atoms with E-state index >= 15 is 0 Å². The zero-order chi connectivity index (χ0) is 12.7. The van der Waals surface area contributed by atoms with Gasteiger partial charge in [-0.05, 0) is 24.8 Å². The Morgan fingerprint density at radius 1 is 1.53 bits per heavy atom. The zero-order valence-corrected chi connectivity index (χ0v) is 11.0. The molecule has 0 spiro atoms. The Balaban J connectivity index is 2.36. The van der Waals surface area contributed by atoms with Crippen LogP contribution >= 0.6 is 11.8 Å². The first-order valence-electron chi connectivity index (χ1n) is 5.60. The molecule has 0 aliphatic rings. The highest BCUT2D eigenvalue weighted by atomic mass is 32.2. The Morgan fingerprint density at radius 2 is 2.29 bits per heavy atom. The molecule has 1 rings (SSSR count). The molecule has 1 N–H and O–H groups in total. The fourth-order valence-electron chi connectivity index (χ4n) is 1.44. The van der Waals surface area contributed by atoms with Gasteiger partial charge in [-0.3, -0.25) is 10.1 Å². The van der Waals surface area contributed by atoms with Gasteiger partial charge < -0.3 is 5.32 Å². The molecule has 0 bridgehead atoms. The number of benzene rings is 1. The summed E-state index contributed by atoms with van der Waals surface area (Å²) in [5.41, 5.74) is 1.11. The van der Waals surface area contributed by atoms with Gasteiger partial charge in [0.15, 0.2) is 0 Å². The average Bonchev–Trinajstić information content (AvgIpc) is 2.34. The van der Waals surface area contributed by atoms with Crippen molar-refractivity contribution in [1.82, 2.24) is 5.32 Å². The molecule has 0 heterocycles. The van der Waals surface area contributed by atoms with Gasteiger partial charge in [-0.25, -0.2) is 0 Å². The molecule has 0 saturated heterocycles. The van der Waals surface area contributed by atoms with Crippen molar-refractivity contribution in [2.75, 3.05) is 12.8 Å². The first-order valence-corrected chi connectivity index (χ1v) is 6.89. The fraction of sp³-hybridized carbons (Fsp3) is 0.500. The number of thioether (sulfide) groups is 1. The molecule has 0 radical (unpaired) electrons. The summed E-state index contributed by atoms with van der Waals surface area (Å²) in [6.45, 7) is 3.81. The van der Waals surface area contributed by atoms with Crippen LogP contribution in [0.3, 0.4) is 0 Å². The van der Waals surface area contributed by atoms with Crippen LogP contribution in [0.2, 0.25) is 0 Å². The standard InChI is InChI=1S/C12H18N2O2S/c1-10(17-2)6-7-13-9-11-4-3-5-12(8-11)14(15)16/h3-5,8,10,13H,6-7,9H2,1-2H3. The van der Waals surface area contributed by atoms with Crippen molar-refractivity contribution in [2.24, 2.45) is 0 Å². The summed E-state index contributed by atoms with van der Waals surface area (Å²) in [5.74, 6) is 0. The smallest absolute Gasteiger partial charge is 0.269 e. The van der Waals surface area contributed by atoms with E-state index < -0.39 is 0 Å². The van der Waals surface area contributed by atoms with Crippen LogP contribution in [-0.2, 0) is 6.54 Å². The molecule has 0 aliphatic carbocycles. The second kappa shape index (κ2) is 7.29. The van der Waals surface area contributed by atoms with E-state index in [1.165, 1.54) is 6.07 Å². The number of nitro groups is 1. The van der Waals surface area contributed by atoms with E-state index in [9.17, 15) is 10.1 Å². The molecule has 1 unspecified atom stereocenters. The van der Waals surface area contributed by atoms with Gasteiger partial charge in [0.25, 0.3) is 5.69 Å². The summed E-state index contributed by atoms with van der Waals surface area (Å²) in [4.78, 5) is 10.2. The summed E-state index contributed by atoms with van der Waals surface area (Å²) in [5, 5.41) is 14.5. The van der Waals surface area contributed by atoms with E-state index in [2.05, 4.69) is 18.5 Å². The molecule has 0 saturated carbocycles. The first-order chi connectivity index (χ1) is 8.13. The van der Waals surface area contributed by atoms with E-state index in [1.54, 1.807) is 12.1 Å². The highest BCUT2D eigenvalue weighted by Gasteiger charge is 2.05. The Bertz CT molecular complexity index is 371. The van der Waals surface area contributed by atoms with Crippen LogP contribution in [0.5, 0.6) is 0 Å². The molecule has 0 amide bonds. The summed E-state index contributed by atoms with van der Waals surface area (Å²) in [7, 11) is 0. The van der Waals surface area contributed by atoms with Crippen molar-refractivity contribution in [2.45, 2.75) is 25.1 Å². The molecular weight excluding hydrogens is 236 g/mol. The van der Waals surface area contributed by atoms with Crippen LogP contribution in [0.15, 0.2) is 24.3 Å². The van der Waals surface area contributed by atoms with Crippen LogP contribution in [0.1, 0.15) is 18.9 Å². The van der Waals surface area contributed by atoms with Gasteiger partial charge in [-0.15, -0.1) is 0 Å². The number of rotatable bonds is 7. The topological polar surface area (TPSA) is 55.2 Å². The maximum atomic E-state index is 10.6. The summed E-state index contributed by atoms with van der Waals surface area (Å²) in [6.07, 6.45) is 3.21. The third-order valence-electron chi connectivity index (χ3n) is 2.58. The Hall–Kier alpha value is -1.07. The maximum absolute atomic E-state index is 10.6. The van der Waals surface area contributed by atoms with E-state index in [0.717, 1.165) is 18.5 Å². The van der Waals surface area contributed by atoms with Gasteiger partial charge in [0, 0.05) is 23.9 Å². The molecular formula is C12H18N2O2S. The number of nitrogens with zero attached hydrogens (tertiary/aromatic N) is 1. The molecule has 1 atom stereocenters. The lowest BCUT2D eigenvalue weighted by atomic mass is 10.2. The van der Waals surface area contributed by atoms with Gasteiger partial charge >= 0.3 is 0 Å². The molecule has 94 valence electrons. The molecule has 4 nitrogen and oxygen atoms in total. The van der Waals surface area contributed by atoms with Gasteiger partial charge in [0.2, 0.25) is 0 Å². The molecule has 0 aliphatic heterocycles. The fourth-order valence-corrected chi connectivity index (χ4v) is 1.79. The highest BCUT2D eigenvalue weighted by molar-refractivity contribution is 7.99. The van der Waals surface area contributed by atoms with E-state index in [1.807, 2.05) is 17.8 Å². The van der Waals surface area contributed by atoms with Crippen LogP contribution in [-0.4, -0.2) is 23.0 Å². The number of nitrogens with one attached hydrogen (secondary N) is 1. The Kier molecular flexibility index (Phi) is 6.00. The minimum absolute atomic E-state index is 0.154. The number of hydrogen-bond acceptors (Lipinski definition) is 4. The van der Waals surface area contributed by atoms with Crippen molar-refractivity contribution in [3.63, 3.8) is 0 Å².